The molecule has 0 aromatic heterocycles. The molecule has 0 unspecified atom stereocenters. The molecule has 0 saturated carbocycles. The Balaban J connectivity index is 1.95. The van der Waals surface area contributed by atoms with E-state index in [1.165, 1.54) is 25.2 Å². The molecule has 0 bridgehead atoms. The van der Waals surface area contributed by atoms with E-state index >= 15 is 0 Å². The first kappa shape index (κ1) is 16.9. The van der Waals surface area contributed by atoms with E-state index in [2.05, 4.69) is 5.32 Å². The molecule has 0 saturated heterocycles. The van der Waals surface area contributed by atoms with Crippen LogP contribution in [-0.2, 0) is 0 Å². The van der Waals surface area contributed by atoms with E-state index in [1.807, 2.05) is 0 Å². The van der Waals surface area contributed by atoms with Crippen LogP contribution >= 0.6 is 0 Å². The number of fused-ring (bicyclic) bond motifs is 1. The molecule has 2 aromatic rings. The predicted octanol–water partition coefficient (Wildman–Crippen LogP) is 1.24. The summed E-state index contributed by atoms with van der Waals surface area (Å²) in [4.78, 5) is 47.6. The fourth-order valence-corrected chi connectivity index (χ4v) is 2.66. The number of nitrogen functional groups attached to an aromatic ring is 2. The zero-order valence-electron chi connectivity index (χ0n) is 13.5. The monoisotopic (exact) mass is 355 g/mol. The van der Waals surface area contributed by atoms with Gasteiger partial charge in [0.05, 0.1) is 16.1 Å². The number of nitrogens with one attached hydrogen (secondary N) is 1. The maximum atomic E-state index is 12.4. The minimum absolute atomic E-state index is 0.0321. The molecular weight excluding hydrogens is 342 g/mol. The van der Waals surface area contributed by atoms with Crippen molar-refractivity contribution in [3.63, 3.8) is 0 Å². The van der Waals surface area contributed by atoms with Crippen LogP contribution in [0.5, 0.6) is 0 Å². The molecule has 132 valence electrons. The lowest BCUT2D eigenvalue weighted by atomic mass is 10.1. The van der Waals surface area contributed by atoms with E-state index in [9.17, 15) is 24.5 Å². The van der Waals surface area contributed by atoms with Gasteiger partial charge in [-0.2, -0.15) is 0 Å². The molecule has 3 amide bonds. The van der Waals surface area contributed by atoms with Gasteiger partial charge < -0.3 is 16.8 Å². The summed E-state index contributed by atoms with van der Waals surface area (Å²) in [6.07, 6.45) is 0. The first-order valence-electron chi connectivity index (χ1n) is 7.31. The zero-order chi connectivity index (χ0) is 19.2. The molecule has 0 spiro atoms. The second-order valence-corrected chi connectivity index (χ2v) is 5.68. The van der Waals surface area contributed by atoms with Crippen LogP contribution in [0.15, 0.2) is 30.3 Å². The van der Waals surface area contributed by atoms with Crippen molar-refractivity contribution in [3.8, 4) is 0 Å². The standard InChI is InChI=1S/C16H13N5O5/c1-20-15(23)11-5-9(6-12(18)13(11)16(20)24)19-14(22)7-2-8(17)4-10(3-7)21(25)26/h2-6H,17-18H2,1H3,(H,19,22). The SMILES string of the molecule is CN1C(=O)c2cc(NC(=O)c3cc(N)cc([N+](=O)[O-])c3)cc(N)c2C1=O. The largest absolute Gasteiger partial charge is 0.399 e. The van der Waals surface area contributed by atoms with Gasteiger partial charge in [-0.3, -0.25) is 29.4 Å². The lowest BCUT2D eigenvalue weighted by molar-refractivity contribution is -0.384. The summed E-state index contributed by atoms with van der Waals surface area (Å²) in [5.74, 6) is -1.73. The van der Waals surface area contributed by atoms with E-state index in [-0.39, 0.29) is 39.4 Å². The molecule has 26 heavy (non-hydrogen) atoms. The summed E-state index contributed by atoms with van der Waals surface area (Å²) >= 11 is 0. The summed E-state index contributed by atoms with van der Waals surface area (Å²) in [7, 11) is 1.33. The minimum Gasteiger partial charge on any atom is -0.399 e. The van der Waals surface area contributed by atoms with E-state index in [4.69, 9.17) is 11.5 Å². The van der Waals surface area contributed by atoms with Crippen molar-refractivity contribution in [2.24, 2.45) is 0 Å². The van der Waals surface area contributed by atoms with Crippen molar-refractivity contribution in [1.82, 2.24) is 4.90 Å². The van der Waals surface area contributed by atoms with Crippen molar-refractivity contribution in [2.75, 3.05) is 23.8 Å². The first-order chi connectivity index (χ1) is 12.2. The Morgan fingerprint density at radius 2 is 1.81 bits per heavy atom. The van der Waals surface area contributed by atoms with Crippen LogP contribution in [0.4, 0.5) is 22.7 Å². The van der Waals surface area contributed by atoms with Gasteiger partial charge in [-0.1, -0.05) is 0 Å². The van der Waals surface area contributed by atoms with Crippen LogP contribution in [0, 0.1) is 10.1 Å². The van der Waals surface area contributed by atoms with Gasteiger partial charge in [-0.25, -0.2) is 0 Å². The number of non-ortho nitro benzene ring substituents is 1. The van der Waals surface area contributed by atoms with Gasteiger partial charge in [0.25, 0.3) is 23.4 Å². The number of hydrogen-bond acceptors (Lipinski definition) is 7. The Kier molecular flexibility index (Phi) is 3.80. The van der Waals surface area contributed by atoms with Gasteiger partial charge in [-0.15, -0.1) is 0 Å². The number of rotatable bonds is 3. The Morgan fingerprint density at radius 3 is 2.46 bits per heavy atom. The third-order valence-electron chi connectivity index (χ3n) is 3.89. The summed E-state index contributed by atoms with van der Waals surface area (Å²) in [6, 6.07) is 6.15. The Labute approximate surface area is 146 Å². The van der Waals surface area contributed by atoms with Crippen LogP contribution in [0.2, 0.25) is 0 Å². The molecule has 0 aliphatic carbocycles. The summed E-state index contributed by atoms with van der Waals surface area (Å²) in [5, 5.41) is 13.4. The molecule has 0 atom stereocenters. The van der Waals surface area contributed by atoms with Gasteiger partial charge >= 0.3 is 0 Å². The second kappa shape index (κ2) is 5.84. The number of carbonyl (C=O) groups excluding carboxylic acids is 3. The molecule has 0 radical (unpaired) electrons. The lowest BCUT2D eigenvalue weighted by Crippen LogP contribution is -2.24. The van der Waals surface area contributed by atoms with Gasteiger partial charge in [0.15, 0.2) is 0 Å². The van der Waals surface area contributed by atoms with Crippen molar-refractivity contribution in [2.45, 2.75) is 0 Å². The van der Waals surface area contributed by atoms with Crippen LogP contribution in [0.3, 0.4) is 0 Å². The Hall–Kier alpha value is -3.95. The Bertz CT molecular complexity index is 1000. The fourth-order valence-electron chi connectivity index (χ4n) is 2.66. The Morgan fingerprint density at radius 1 is 1.12 bits per heavy atom. The minimum atomic E-state index is -0.676. The average Bonchev–Trinajstić information content (AvgIpc) is 2.79. The highest BCUT2D eigenvalue weighted by molar-refractivity contribution is 6.24. The number of nitro groups is 1. The fraction of sp³-hybridized carbons (Fsp3) is 0.0625. The smallest absolute Gasteiger partial charge is 0.272 e. The highest BCUT2D eigenvalue weighted by Crippen LogP contribution is 2.30. The van der Waals surface area contributed by atoms with Gasteiger partial charge in [0, 0.05) is 41.8 Å². The second-order valence-electron chi connectivity index (χ2n) is 5.68. The number of nitro benzene ring substituents is 1. The lowest BCUT2D eigenvalue weighted by Gasteiger charge is -2.09. The highest BCUT2D eigenvalue weighted by atomic mass is 16.6. The van der Waals surface area contributed by atoms with E-state index in [1.54, 1.807) is 0 Å². The van der Waals surface area contributed by atoms with Crippen LogP contribution in [-0.4, -0.2) is 34.6 Å². The van der Waals surface area contributed by atoms with Gasteiger partial charge in [-0.05, 0) is 18.2 Å². The molecule has 10 nitrogen and oxygen atoms in total. The summed E-state index contributed by atoms with van der Waals surface area (Å²) < 4.78 is 0. The number of imide groups is 1. The highest BCUT2D eigenvalue weighted by Gasteiger charge is 2.35. The molecule has 2 aromatic carbocycles. The zero-order valence-corrected chi connectivity index (χ0v) is 13.5. The normalized spacial score (nSPS) is 12.9. The van der Waals surface area contributed by atoms with E-state index < -0.39 is 22.6 Å². The van der Waals surface area contributed by atoms with Gasteiger partial charge in [0.1, 0.15) is 0 Å². The van der Waals surface area contributed by atoms with Crippen molar-refractivity contribution < 1.29 is 19.3 Å². The number of carbonyl (C=O) groups is 3. The van der Waals surface area contributed by atoms with Crippen molar-refractivity contribution in [1.29, 1.82) is 0 Å². The molecule has 3 rings (SSSR count). The molecule has 1 heterocycles. The topological polar surface area (TPSA) is 162 Å². The first-order valence-corrected chi connectivity index (χ1v) is 7.31. The number of nitrogens with zero attached hydrogens (tertiary/aromatic N) is 2. The molecule has 0 fully saturated rings. The van der Waals surface area contributed by atoms with Crippen LogP contribution < -0.4 is 16.8 Å². The molecule has 10 heteroatoms. The van der Waals surface area contributed by atoms with Crippen LogP contribution in [0.1, 0.15) is 31.1 Å². The summed E-state index contributed by atoms with van der Waals surface area (Å²) in [5.41, 5.74) is 11.5. The number of anilines is 3. The third-order valence-corrected chi connectivity index (χ3v) is 3.89. The number of amides is 3. The van der Waals surface area contributed by atoms with E-state index in [0.717, 1.165) is 17.0 Å². The molecule has 1 aliphatic rings. The molecule has 5 N–H and O–H groups in total. The number of nitrogens with two attached hydrogens (primary N) is 2. The van der Waals surface area contributed by atoms with Crippen molar-refractivity contribution >= 4 is 40.5 Å². The number of hydrogen-bond donors (Lipinski definition) is 3. The maximum Gasteiger partial charge on any atom is 0.272 e. The maximum absolute atomic E-state index is 12.4. The van der Waals surface area contributed by atoms with Gasteiger partial charge in [0.2, 0.25) is 0 Å². The average molecular weight is 355 g/mol. The van der Waals surface area contributed by atoms with Crippen LogP contribution in [0.25, 0.3) is 0 Å². The van der Waals surface area contributed by atoms with Crippen molar-refractivity contribution in [3.05, 3.63) is 57.1 Å². The van der Waals surface area contributed by atoms with E-state index in [0.29, 0.717) is 0 Å². The molecular formula is C16H13N5O5. The predicted molar refractivity (Wildman–Crippen MR) is 92.7 cm³/mol. The quantitative estimate of drug-likeness (QED) is 0.323. The number of benzene rings is 2. The third kappa shape index (κ3) is 2.69. The summed E-state index contributed by atoms with van der Waals surface area (Å²) in [6.45, 7) is 0. The molecule has 1 aliphatic heterocycles.